The van der Waals surface area contributed by atoms with Crippen molar-refractivity contribution in [3.05, 3.63) is 57.8 Å². The Hall–Kier alpha value is -1.08. The lowest BCUT2D eigenvalue weighted by atomic mass is 9.91. The molecule has 96 valence electrons. The van der Waals surface area contributed by atoms with E-state index in [2.05, 4.69) is 69.5 Å². The van der Waals surface area contributed by atoms with Crippen LogP contribution in [0.15, 0.2) is 41.8 Å². The molecule has 1 aromatic carbocycles. The Morgan fingerprint density at radius 2 is 1.78 bits per heavy atom. The van der Waals surface area contributed by atoms with Crippen LogP contribution in [0.3, 0.4) is 0 Å². The maximum absolute atomic E-state index is 2.38. The fraction of sp³-hybridized carbons (Fsp3) is 0.412. The Morgan fingerprint density at radius 3 is 2.33 bits per heavy atom. The van der Waals surface area contributed by atoms with Crippen molar-refractivity contribution in [1.29, 1.82) is 0 Å². The number of hydrogen-bond acceptors (Lipinski definition) is 1. The first-order chi connectivity index (χ1) is 8.47. The molecule has 1 atom stereocenters. The summed E-state index contributed by atoms with van der Waals surface area (Å²) >= 11 is 1.89. The summed E-state index contributed by atoms with van der Waals surface area (Å²) < 4.78 is 0. The number of rotatable bonds is 3. The molecule has 1 unspecified atom stereocenters. The van der Waals surface area contributed by atoms with Gasteiger partial charge in [0.1, 0.15) is 0 Å². The van der Waals surface area contributed by atoms with Crippen LogP contribution in [0.1, 0.15) is 49.6 Å². The molecule has 2 rings (SSSR count). The molecule has 1 heterocycles. The van der Waals surface area contributed by atoms with E-state index in [-0.39, 0.29) is 5.41 Å². The van der Waals surface area contributed by atoms with E-state index in [1.807, 2.05) is 11.3 Å². The molecular formula is C17H22S. The molecule has 0 radical (unpaired) electrons. The molecule has 0 aliphatic rings. The van der Waals surface area contributed by atoms with Gasteiger partial charge in [0.25, 0.3) is 0 Å². The summed E-state index contributed by atoms with van der Waals surface area (Å²) in [4.78, 5) is 1.48. The van der Waals surface area contributed by atoms with Crippen LogP contribution in [0.4, 0.5) is 0 Å². The molecule has 0 N–H and O–H groups in total. The minimum Gasteiger partial charge on any atom is -0.148 e. The van der Waals surface area contributed by atoms with Gasteiger partial charge in [0.15, 0.2) is 0 Å². The Morgan fingerprint density at radius 1 is 1.11 bits per heavy atom. The van der Waals surface area contributed by atoms with Gasteiger partial charge in [-0.1, -0.05) is 58.0 Å². The molecule has 0 saturated heterocycles. The summed E-state index contributed by atoms with van der Waals surface area (Å²) in [5.41, 5.74) is 3.18. The second-order valence-electron chi connectivity index (χ2n) is 6.09. The van der Waals surface area contributed by atoms with Gasteiger partial charge >= 0.3 is 0 Å². The van der Waals surface area contributed by atoms with Gasteiger partial charge in [0, 0.05) is 4.88 Å². The van der Waals surface area contributed by atoms with Gasteiger partial charge in [-0.3, -0.25) is 0 Å². The summed E-state index contributed by atoms with van der Waals surface area (Å²) in [5, 5.41) is 2.32. The monoisotopic (exact) mass is 258 g/mol. The van der Waals surface area contributed by atoms with Crippen molar-refractivity contribution in [3.8, 4) is 0 Å². The number of benzene rings is 1. The molecule has 0 fully saturated rings. The summed E-state index contributed by atoms with van der Waals surface area (Å²) in [6.07, 6.45) is 1.14. The van der Waals surface area contributed by atoms with Gasteiger partial charge in [-0.15, -0.1) is 11.3 Å². The zero-order chi connectivity index (χ0) is 13.2. The fourth-order valence-corrected chi connectivity index (χ4v) is 3.14. The molecule has 0 nitrogen and oxygen atoms in total. The van der Waals surface area contributed by atoms with E-state index in [0.717, 1.165) is 6.42 Å². The maximum atomic E-state index is 2.38. The molecule has 0 saturated carbocycles. The molecule has 1 heteroatoms. The smallest absolute Gasteiger partial charge is 0.0102 e. The van der Waals surface area contributed by atoms with Crippen LogP contribution in [0, 0.1) is 0 Å². The maximum Gasteiger partial charge on any atom is 0.0102 e. The normalized spacial score (nSPS) is 13.6. The highest BCUT2D eigenvalue weighted by molar-refractivity contribution is 7.10. The Labute approximate surface area is 115 Å². The molecule has 18 heavy (non-hydrogen) atoms. The van der Waals surface area contributed by atoms with Crippen LogP contribution >= 0.6 is 11.3 Å². The Balaban J connectivity index is 2.08. The molecule has 0 spiro atoms. The lowest BCUT2D eigenvalue weighted by Crippen LogP contribution is -2.08. The summed E-state index contributed by atoms with van der Waals surface area (Å²) in [6, 6.07) is 13.2. The van der Waals surface area contributed by atoms with Crippen molar-refractivity contribution in [2.75, 3.05) is 0 Å². The largest absolute Gasteiger partial charge is 0.148 e. The third kappa shape index (κ3) is 3.23. The van der Waals surface area contributed by atoms with E-state index in [4.69, 9.17) is 0 Å². The van der Waals surface area contributed by atoms with Crippen molar-refractivity contribution in [3.63, 3.8) is 0 Å². The third-order valence-corrected chi connectivity index (χ3v) is 4.71. The highest BCUT2D eigenvalue weighted by Gasteiger charge is 2.16. The van der Waals surface area contributed by atoms with Crippen LogP contribution in [-0.2, 0) is 11.8 Å². The van der Waals surface area contributed by atoms with Gasteiger partial charge in [-0.05, 0) is 40.3 Å². The molecule has 0 amide bonds. The molecule has 1 aromatic heterocycles. The van der Waals surface area contributed by atoms with Crippen LogP contribution in [0.5, 0.6) is 0 Å². The van der Waals surface area contributed by atoms with E-state index in [9.17, 15) is 0 Å². The van der Waals surface area contributed by atoms with Gasteiger partial charge in [0.05, 0.1) is 0 Å². The summed E-state index contributed by atoms with van der Waals surface area (Å²) in [6.45, 7) is 9.15. The second-order valence-corrected chi connectivity index (χ2v) is 7.00. The zero-order valence-electron chi connectivity index (χ0n) is 11.7. The first kappa shape index (κ1) is 13.4. The highest BCUT2D eigenvalue weighted by Crippen LogP contribution is 2.30. The minimum absolute atomic E-state index is 0.277. The predicted octanol–water partition coefficient (Wildman–Crippen LogP) is 5.39. The highest BCUT2D eigenvalue weighted by atomic mass is 32.1. The minimum atomic E-state index is 0.277. The lowest BCUT2D eigenvalue weighted by molar-refractivity contribution is 0.603. The van der Waals surface area contributed by atoms with E-state index >= 15 is 0 Å². The van der Waals surface area contributed by atoms with Crippen LogP contribution in [0.25, 0.3) is 0 Å². The SMILES string of the molecule is CC(Cc1csc(C(C)(C)C)c1)c1ccccc1. The van der Waals surface area contributed by atoms with E-state index < -0.39 is 0 Å². The third-order valence-electron chi connectivity index (χ3n) is 3.30. The van der Waals surface area contributed by atoms with Gasteiger partial charge < -0.3 is 0 Å². The van der Waals surface area contributed by atoms with E-state index in [0.29, 0.717) is 5.92 Å². The predicted molar refractivity (Wildman–Crippen MR) is 81.6 cm³/mol. The molecule has 2 aromatic rings. The van der Waals surface area contributed by atoms with Crippen molar-refractivity contribution in [2.45, 2.75) is 45.4 Å². The molecule has 0 aliphatic carbocycles. The molecular weight excluding hydrogens is 236 g/mol. The number of thiophene rings is 1. The van der Waals surface area contributed by atoms with Crippen molar-refractivity contribution >= 4 is 11.3 Å². The zero-order valence-corrected chi connectivity index (χ0v) is 12.6. The van der Waals surface area contributed by atoms with Crippen LogP contribution in [0.2, 0.25) is 0 Å². The first-order valence-electron chi connectivity index (χ1n) is 6.59. The Kier molecular flexibility index (Phi) is 3.91. The van der Waals surface area contributed by atoms with Crippen molar-refractivity contribution in [2.24, 2.45) is 0 Å². The Bertz CT molecular complexity index is 488. The number of hydrogen-bond donors (Lipinski definition) is 0. The van der Waals surface area contributed by atoms with E-state index in [1.54, 1.807) is 0 Å². The standard InChI is InChI=1S/C17H22S/c1-13(15-8-6-5-7-9-15)10-14-11-16(18-12-14)17(2,3)4/h5-9,11-13H,10H2,1-4H3. The van der Waals surface area contributed by atoms with Gasteiger partial charge in [-0.25, -0.2) is 0 Å². The molecule has 0 aliphatic heterocycles. The lowest BCUT2D eigenvalue weighted by Gasteiger charge is -2.15. The van der Waals surface area contributed by atoms with Crippen LogP contribution < -0.4 is 0 Å². The first-order valence-corrected chi connectivity index (χ1v) is 7.47. The van der Waals surface area contributed by atoms with Gasteiger partial charge in [0.2, 0.25) is 0 Å². The second kappa shape index (κ2) is 5.27. The van der Waals surface area contributed by atoms with Gasteiger partial charge in [-0.2, -0.15) is 0 Å². The average molecular weight is 258 g/mol. The van der Waals surface area contributed by atoms with Crippen molar-refractivity contribution in [1.82, 2.24) is 0 Å². The topological polar surface area (TPSA) is 0 Å². The quantitative estimate of drug-likeness (QED) is 0.692. The fourth-order valence-electron chi connectivity index (χ4n) is 2.13. The summed E-state index contributed by atoms with van der Waals surface area (Å²) in [7, 11) is 0. The molecule has 0 bridgehead atoms. The van der Waals surface area contributed by atoms with Crippen LogP contribution in [-0.4, -0.2) is 0 Å². The van der Waals surface area contributed by atoms with Crippen molar-refractivity contribution < 1.29 is 0 Å². The summed E-state index contributed by atoms with van der Waals surface area (Å²) in [5.74, 6) is 0.591. The van der Waals surface area contributed by atoms with E-state index in [1.165, 1.54) is 16.0 Å². The average Bonchev–Trinajstić information content (AvgIpc) is 2.78.